The van der Waals surface area contributed by atoms with Gasteiger partial charge in [0.15, 0.2) is 17.2 Å². The fourth-order valence-corrected chi connectivity index (χ4v) is 6.51. The highest BCUT2D eigenvalue weighted by molar-refractivity contribution is 5.99. The second kappa shape index (κ2) is 9.71. The first-order chi connectivity index (χ1) is 18.5. The highest BCUT2D eigenvalue weighted by Crippen LogP contribution is 2.48. The number of nitrogens with one attached hydrogen (secondary N) is 1. The number of halogens is 1. The number of benzene rings is 2. The molecular formula is C29H32FN3O5. The Balaban J connectivity index is 1.60. The fraction of sp³-hybridized carbons (Fsp3) is 0.448. The molecule has 4 aromatic rings. The van der Waals surface area contributed by atoms with Gasteiger partial charge in [-0.05, 0) is 74.3 Å². The van der Waals surface area contributed by atoms with Crippen molar-refractivity contribution >= 4 is 27.8 Å². The highest BCUT2D eigenvalue weighted by atomic mass is 19.1. The van der Waals surface area contributed by atoms with Crippen molar-refractivity contribution in [3.8, 4) is 11.4 Å². The van der Waals surface area contributed by atoms with Crippen molar-refractivity contribution in [2.75, 3.05) is 27.4 Å². The molecule has 1 aliphatic carbocycles. The van der Waals surface area contributed by atoms with E-state index in [4.69, 9.17) is 14.2 Å². The SMILES string of the molecule is COc1cc(-n2c(C3CCOCC3)c(C3CCC(OC)(C(=O)O)CC3)c3cc4[nH]ncc4cc32)ccc1F. The van der Waals surface area contributed by atoms with Crippen molar-refractivity contribution < 1.29 is 28.5 Å². The largest absolute Gasteiger partial charge is 0.494 e. The van der Waals surface area contributed by atoms with Crippen molar-refractivity contribution in [3.63, 3.8) is 0 Å². The Morgan fingerprint density at radius 3 is 2.58 bits per heavy atom. The zero-order chi connectivity index (χ0) is 26.4. The Bertz CT molecular complexity index is 1500. The summed E-state index contributed by atoms with van der Waals surface area (Å²) in [5.74, 6) is -0.718. The van der Waals surface area contributed by atoms with Crippen LogP contribution in [0.5, 0.6) is 5.75 Å². The minimum atomic E-state index is -1.14. The van der Waals surface area contributed by atoms with Gasteiger partial charge in [0.1, 0.15) is 0 Å². The van der Waals surface area contributed by atoms with E-state index in [9.17, 15) is 14.3 Å². The quantitative estimate of drug-likeness (QED) is 0.339. The molecule has 2 aromatic carbocycles. The summed E-state index contributed by atoms with van der Waals surface area (Å²) in [6.07, 6.45) is 5.86. The number of methoxy groups -OCH3 is 2. The number of carboxylic acid groups (broad SMARTS) is 1. The molecule has 1 saturated heterocycles. The van der Waals surface area contributed by atoms with Gasteiger partial charge in [0, 0.05) is 54.5 Å². The molecule has 0 unspecified atom stereocenters. The van der Waals surface area contributed by atoms with E-state index in [0.717, 1.165) is 40.3 Å². The third-order valence-corrected chi connectivity index (χ3v) is 8.59. The first kappa shape index (κ1) is 24.9. The average molecular weight is 522 g/mol. The van der Waals surface area contributed by atoms with Gasteiger partial charge < -0.3 is 23.9 Å². The first-order valence-corrected chi connectivity index (χ1v) is 13.2. The van der Waals surface area contributed by atoms with E-state index >= 15 is 0 Å². The van der Waals surface area contributed by atoms with Crippen molar-refractivity contribution in [1.29, 1.82) is 0 Å². The van der Waals surface area contributed by atoms with Crippen LogP contribution < -0.4 is 4.74 Å². The third kappa shape index (κ3) is 3.96. The summed E-state index contributed by atoms with van der Waals surface area (Å²) < 4.78 is 33.3. The Labute approximate surface area is 219 Å². The number of H-pyrrole nitrogens is 1. The van der Waals surface area contributed by atoms with Gasteiger partial charge in [-0.1, -0.05) is 0 Å². The number of fused-ring (bicyclic) bond motifs is 2. The van der Waals surface area contributed by atoms with Crippen LogP contribution in [0.15, 0.2) is 36.5 Å². The minimum Gasteiger partial charge on any atom is -0.494 e. The van der Waals surface area contributed by atoms with Crippen LogP contribution in [0.3, 0.4) is 0 Å². The van der Waals surface area contributed by atoms with E-state index in [1.165, 1.54) is 31.5 Å². The number of hydrogen-bond donors (Lipinski definition) is 2. The number of carbonyl (C=O) groups is 1. The zero-order valence-electron chi connectivity index (χ0n) is 21.6. The molecule has 200 valence electrons. The van der Waals surface area contributed by atoms with Crippen LogP contribution in [-0.4, -0.2) is 58.9 Å². The maximum Gasteiger partial charge on any atom is 0.335 e. The molecule has 0 bridgehead atoms. The molecule has 2 fully saturated rings. The molecule has 1 aliphatic heterocycles. The number of rotatable bonds is 6. The first-order valence-electron chi connectivity index (χ1n) is 13.2. The Hall–Kier alpha value is -3.43. The molecule has 2 aromatic heterocycles. The smallest absolute Gasteiger partial charge is 0.335 e. The van der Waals surface area contributed by atoms with E-state index in [1.54, 1.807) is 12.1 Å². The number of aromatic amines is 1. The standard InChI is InChI=1S/C29H32FN3O5/c1-36-25-14-20(3-4-22(25)30)33-24-13-19-16-31-32-23(19)15-21(24)26(27(33)18-7-11-38-12-8-18)17-5-9-29(37-2,10-6-17)28(34)35/h3-4,13-18H,5-12H2,1-2H3,(H,31,32)(H,34,35). The molecule has 2 N–H and O–H groups in total. The van der Waals surface area contributed by atoms with E-state index < -0.39 is 17.4 Å². The molecule has 0 radical (unpaired) electrons. The summed E-state index contributed by atoms with van der Waals surface area (Å²) in [4.78, 5) is 12.1. The van der Waals surface area contributed by atoms with Gasteiger partial charge in [-0.3, -0.25) is 5.10 Å². The number of aromatic nitrogens is 3. The number of carboxylic acids is 1. The van der Waals surface area contributed by atoms with Crippen LogP contribution in [0.25, 0.3) is 27.5 Å². The van der Waals surface area contributed by atoms with Gasteiger partial charge in [-0.25, -0.2) is 9.18 Å². The minimum absolute atomic E-state index is 0.155. The topological polar surface area (TPSA) is 98.6 Å². The van der Waals surface area contributed by atoms with Crippen LogP contribution in [0, 0.1) is 5.82 Å². The van der Waals surface area contributed by atoms with E-state index in [-0.39, 0.29) is 17.6 Å². The molecule has 3 heterocycles. The van der Waals surface area contributed by atoms with E-state index in [0.29, 0.717) is 38.9 Å². The lowest BCUT2D eigenvalue weighted by atomic mass is 9.74. The summed E-state index contributed by atoms with van der Waals surface area (Å²) in [7, 11) is 2.97. The van der Waals surface area contributed by atoms with Crippen molar-refractivity contribution in [1.82, 2.24) is 14.8 Å². The Morgan fingerprint density at radius 1 is 1.13 bits per heavy atom. The molecule has 8 nitrogen and oxygen atoms in total. The van der Waals surface area contributed by atoms with Crippen LogP contribution in [-0.2, 0) is 14.3 Å². The number of ether oxygens (including phenoxy) is 3. The molecule has 9 heteroatoms. The second-order valence-corrected chi connectivity index (χ2v) is 10.4. The van der Waals surface area contributed by atoms with E-state index in [1.807, 2.05) is 6.20 Å². The predicted molar refractivity (Wildman–Crippen MR) is 141 cm³/mol. The van der Waals surface area contributed by atoms with Crippen molar-refractivity contribution in [2.24, 2.45) is 0 Å². The lowest BCUT2D eigenvalue weighted by Crippen LogP contribution is -2.43. The molecule has 1 saturated carbocycles. The van der Waals surface area contributed by atoms with Crippen LogP contribution in [0.1, 0.15) is 61.6 Å². The average Bonchev–Trinajstić information content (AvgIpc) is 3.54. The fourth-order valence-electron chi connectivity index (χ4n) is 6.51. The molecular weight excluding hydrogens is 489 g/mol. The molecule has 2 aliphatic rings. The molecule has 0 atom stereocenters. The van der Waals surface area contributed by atoms with Crippen molar-refractivity contribution in [2.45, 2.75) is 56.0 Å². The van der Waals surface area contributed by atoms with Crippen LogP contribution in [0.4, 0.5) is 4.39 Å². The van der Waals surface area contributed by atoms with Gasteiger partial charge in [-0.15, -0.1) is 0 Å². The zero-order valence-corrected chi connectivity index (χ0v) is 21.6. The maximum absolute atomic E-state index is 14.5. The molecule has 0 spiro atoms. The summed E-state index contributed by atoms with van der Waals surface area (Å²) in [5.41, 5.74) is 4.08. The summed E-state index contributed by atoms with van der Waals surface area (Å²) >= 11 is 0. The Kier molecular flexibility index (Phi) is 6.36. The van der Waals surface area contributed by atoms with Crippen molar-refractivity contribution in [3.05, 3.63) is 53.6 Å². The normalized spacial score (nSPS) is 22.8. The highest BCUT2D eigenvalue weighted by Gasteiger charge is 2.44. The number of aliphatic carboxylic acids is 1. The van der Waals surface area contributed by atoms with E-state index in [2.05, 4.69) is 26.9 Å². The second-order valence-electron chi connectivity index (χ2n) is 10.4. The third-order valence-electron chi connectivity index (χ3n) is 8.59. The number of nitrogens with zero attached hydrogens (tertiary/aromatic N) is 2. The molecule has 6 rings (SSSR count). The summed E-state index contributed by atoms with van der Waals surface area (Å²) in [5, 5.41) is 19.3. The van der Waals surface area contributed by atoms with Crippen LogP contribution >= 0.6 is 0 Å². The van der Waals surface area contributed by atoms with Gasteiger partial charge in [-0.2, -0.15) is 5.10 Å². The number of hydrogen-bond acceptors (Lipinski definition) is 5. The molecule has 38 heavy (non-hydrogen) atoms. The monoisotopic (exact) mass is 521 g/mol. The summed E-state index contributed by atoms with van der Waals surface area (Å²) in [6.45, 7) is 1.36. The summed E-state index contributed by atoms with van der Waals surface area (Å²) in [6, 6.07) is 9.29. The maximum atomic E-state index is 14.5. The predicted octanol–water partition coefficient (Wildman–Crippen LogP) is 5.68. The molecule has 0 amide bonds. The van der Waals surface area contributed by atoms with Crippen LogP contribution in [0.2, 0.25) is 0 Å². The lowest BCUT2D eigenvalue weighted by molar-refractivity contribution is -0.166. The van der Waals surface area contributed by atoms with Gasteiger partial charge >= 0.3 is 5.97 Å². The Morgan fingerprint density at radius 2 is 1.89 bits per heavy atom. The van der Waals surface area contributed by atoms with Gasteiger partial charge in [0.25, 0.3) is 0 Å². The van der Waals surface area contributed by atoms with Gasteiger partial charge in [0.05, 0.1) is 24.3 Å². The lowest BCUT2D eigenvalue weighted by Gasteiger charge is -2.36. The van der Waals surface area contributed by atoms with Gasteiger partial charge in [0.2, 0.25) is 0 Å².